The molecular formula is C10H14N6O4S. The molecule has 0 amide bonds. The van der Waals surface area contributed by atoms with Crippen LogP contribution in [0, 0.1) is 0 Å². The van der Waals surface area contributed by atoms with Crippen LogP contribution < -0.4 is 26.7 Å². The van der Waals surface area contributed by atoms with Gasteiger partial charge in [0.1, 0.15) is 5.69 Å². The Bertz CT molecular complexity index is 785. The fourth-order valence-corrected chi connectivity index (χ4v) is 2.06. The third-order valence-electron chi connectivity index (χ3n) is 2.54. The van der Waals surface area contributed by atoms with E-state index >= 15 is 0 Å². The standard InChI is InChI=1S/C10H14N6O4S/c1-16-10(20-21(17,18)19)8(9(13)15-16)14-7-3-2-5(11)4-6(7)12/h2-4,14H,11-12H2,1H3,(H2,13,15)(H,17,18,19). The molecule has 0 aliphatic heterocycles. The Kier molecular flexibility index (Phi) is 3.53. The lowest BCUT2D eigenvalue weighted by Gasteiger charge is -2.10. The van der Waals surface area contributed by atoms with Crippen molar-refractivity contribution in [2.24, 2.45) is 7.05 Å². The first-order chi connectivity index (χ1) is 9.67. The maximum absolute atomic E-state index is 10.9. The van der Waals surface area contributed by atoms with E-state index in [0.717, 1.165) is 4.68 Å². The summed E-state index contributed by atoms with van der Waals surface area (Å²) in [5.41, 5.74) is 18.3. The molecule has 0 unspecified atom stereocenters. The van der Waals surface area contributed by atoms with Crippen LogP contribution in [-0.4, -0.2) is 22.8 Å². The Labute approximate surface area is 120 Å². The van der Waals surface area contributed by atoms with Gasteiger partial charge in [0.25, 0.3) is 5.88 Å². The van der Waals surface area contributed by atoms with Gasteiger partial charge >= 0.3 is 10.4 Å². The normalized spacial score (nSPS) is 11.3. The summed E-state index contributed by atoms with van der Waals surface area (Å²) in [6, 6.07) is 4.68. The topological polar surface area (TPSA) is 172 Å². The fraction of sp³-hybridized carbons (Fsp3) is 0.100. The summed E-state index contributed by atoms with van der Waals surface area (Å²) in [6.45, 7) is 0. The van der Waals surface area contributed by atoms with Gasteiger partial charge in [0.15, 0.2) is 5.82 Å². The van der Waals surface area contributed by atoms with E-state index in [9.17, 15) is 8.42 Å². The number of nitrogen functional groups attached to an aromatic ring is 3. The van der Waals surface area contributed by atoms with Crippen molar-refractivity contribution < 1.29 is 17.2 Å². The van der Waals surface area contributed by atoms with Crippen LogP contribution in [0.3, 0.4) is 0 Å². The molecule has 2 rings (SSSR count). The van der Waals surface area contributed by atoms with Crippen LogP contribution in [0.1, 0.15) is 0 Å². The lowest BCUT2D eigenvalue weighted by Crippen LogP contribution is -2.11. The van der Waals surface area contributed by atoms with Gasteiger partial charge in [0.05, 0.1) is 11.4 Å². The van der Waals surface area contributed by atoms with E-state index in [-0.39, 0.29) is 17.4 Å². The van der Waals surface area contributed by atoms with Crippen LogP contribution in [0.5, 0.6) is 5.88 Å². The summed E-state index contributed by atoms with van der Waals surface area (Å²) in [7, 11) is -3.33. The summed E-state index contributed by atoms with van der Waals surface area (Å²) >= 11 is 0. The Morgan fingerprint density at radius 3 is 2.57 bits per heavy atom. The maximum atomic E-state index is 10.9. The third kappa shape index (κ3) is 3.27. The van der Waals surface area contributed by atoms with Crippen molar-refractivity contribution in [3.8, 4) is 5.88 Å². The molecule has 21 heavy (non-hydrogen) atoms. The highest BCUT2D eigenvalue weighted by Gasteiger charge is 2.21. The van der Waals surface area contributed by atoms with Crippen molar-refractivity contribution in [3.63, 3.8) is 0 Å². The number of anilines is 5. The van der Waals surface area contributed by atoms with E-state index in [1.807, 2.05) is 0 Å². The molecule has 0 fully saturated rings. The smallest absolute Gasteiger partial charge is 0.399 e. The minimum atomic E-state index is -4.73. The lowest BCUT2D eigenvalue weighted by atomic mass is 10.2. The number of nitrogens with two attached hydrogens (primary N) is 3. The second kappa shape index (κ2) is 5.03. The fourth-order valence-electron chi connectivity index (χ4n) is 1.67. The summed E-state index contributed by atoms with van der Waals surface area (Å²) < 4.78 is 36.0. The highest BCUT2D eigenvalue weighted by molar-refractivity contribution is 7.81. The molecule has 11 heteroatoms. The average Bonchev–Trinajstić information content (AvgIpc) is 2.57. The zero-order chi connectivity index (χ0) is 15.8. The largest absolute Gasteiger partial charge is 0.448 e. The molecule has 1 heterocycles. The number of aryl methyl sites for hydroxylation is 1. The van der Waals surface area contributed by atoms with E-state index in [1.54, 1.807) is 12.1 Å². The number of benzene rings is 1. The van der Waals surface area contributed by atoms with E-state index < -0.39 is 10.4 Å². The Balaban J connectivity index is 2.44. The zero-order valence-corrected chi connectivity index (χ0v) is 11.8. The first-order valence-corrected chi connectivity index (χ1v) is 6.95. The van der Waals surface area contributed by atoms with Crippen molar-refractivity contribution in [3.05, 3.63) is 18.2 Å². The predicted octanol–water partition coefficient (Wildman–Crippen LogP) is 0.0919. The molecule has 1 aromatic carbocycles. The first kappa shape index (κ1) is 14.7. The molecule has 8 N–H and O–H groups in total. The van der Waals surface area contributed by atoms with Crippen molar-refractivity contribution in [2.75, 3.05) is 22.5 Å². The molecule has 0 atom stereocenters. The molecule has 0 saturated heterocycles. The molecule has 0 aliphatic carbocycles. The van der Waals surface area contributed by atoms with Crippen molar-refractivity contribution in [2.45, 2.75) is 0 Å². The Morgan fingerprint density at radius 1 is 1.33 bits per heavy atom. The summed E-state index contributed by atoms with van der Waals surface area (Å²) in [5.74, 6) is -0.321. The van der Waals surface area contributed by atoms with Gasteiger partial charge in [-0.3, -0.25) is 4.55 Å². The molecule has 10 nitrogen and oxygen atoms in total. The highest BCUT2D eigenvalue weighted by Crippen LogP contribution is 2.35. The molecule has 2 aromatic rings. The Hall–Kier alpha value is -2.66. The number of rotatable bonds is 4. The van der Waals surface area contributed by atoms with Crippen LogP contribution in [0.4, 0.5) is 28.6 Å². The number of aromatic nitrogens is 2. The quantitative estimate of drug-likeness (QED) is 0.387. The van der Waals surface area contributed by atoms with Crippen molar-refractivity contribution in [1.29, 1.82) is 0 Å². The predicted molar refractivity (Wildman–Crippen MR) is 78.3 cm³/mol. The van der Waals surface area contributed by atoms with Gasteiger partial charge in [-0.05, 0) is 18.2 Å². The molecule has 0 aliphatic rings. The maximum Gasteiger partial charge on any atom is 0.448 e. The van der Waals surface area contributed by atoms with Gasteiger partial charge in [-0.1, -0.05) is 0 Å². The van der Waals surface area contributed by atoms with Gasteiger partial charge < -0.3 is 26.7 Å². The van der Waals surface area contributed by atoms with E-state index in [0.29, 0.717) is 17.1 Å². The van der Waals surface area contributed by atoms with E-state index in [4.69, 9.17) is 21.8 Å². The summed E-state index contributed by atoms with van der Waals surface area (Å²) in [4.78, 5) is 0. The van der Waals surface area contributed by atoms with Gasteiger partial charge in [-0.2, -0.15) is 13.5 Å². The second-order valence-corrected chi connectivity index (χ2v) is 5.19. The number of nitrogens with zero attached hydrogens (tertiary/aromatic N) is 2. The summed E-state index contributed by atoms with van der Waals surface area (Å²) in [6.07, 6.45) is 0. The SMILES string of the molecule is Cn1nc(N)c(Nc2ccc(N)cc2N)c1OS(=O)(=O)O. The van der Waals surface area contributed by atoms with Gasteiger partial charge in [0, 0.05) is 12.7 Å². The first-order valence-electron chi connectivity index (χ1n) is 5.59. The molecular weight excluding hydrogens is 300 g/mol. The number of hydrogen-bond acceptors (Lipinski definition) is 8. The minimum absolute atomic E-state index is 0.0348. The van der Waals surface area contributed by atoms with Gasteiger partial charge in [-0.25, -0.2) is 4.68 Å². The molecule has 0 bridgehead atoms. The average molecular weight is 314 g/mol. The van der Waals surface area contributed by atoms with Crippen LogP contribution in [0.2, 0.25) is 0 Å². The van der Waals surface area contributed by atoms with Crippen LogP contribution in [0.25, 0.3) is 0 Å². The molecule has 0 radical (unpaired) electrons. The molecule has 0 saturated carbocycles. The number of nitrogens with one attached hydrogen (secondary N) is 1. The molecule has 114 valence electrons. The third-order valence-corrected chi connectivity index (χ3v) is 2.91. The highest BCUT2D eigenvalue weighted by atomic mass is 32.3. The zero-order valence-electron chi connectivity index (χ0n) is 10.9. The molecule has 1 aromatic heterocycles. The van der Waals surface area contributed by atoms with E-state index in [2.05, 4.69) is 14.6 Å². The van der Waals surface area contributed by atoms with E-state index in [1.165, 1.54) is 13.1 Å². The van der Waals surface area contributed by atoms with Gasteiger partial charge in [-0.15, -0.1) is 0 Å². The van der Waals surface area contributed by atoms with Crippen LogP contribution >= 0.6 is 0 Å². The number of hydrogen-bond donors (Lipinski definition) is 5. The van der Waals surface area contributed by atoms with Crippen LogP contribution in [-0.2, 0) is 17.4 Å². The lowest BCUT2D eigenvalue weighted by molar-refractivity contribution is 0.372. The second-order valence-electron chi connectivity index (χ2n) is 4.17. The molecule has 0 spiro atoms. The van der Waals surface area contributed by atoms with Gasteiger partial charge in [0.2, 0.25) is 0 Å². The minimum Gasteiger partial charge on any atom is -0.399 e. The summed E-state index contributed by atoms with van der Waals surface area (Å²) in [5, 5.41) is 6.59. The Morgan fingerprint density at radius 2 is 2.00 bits per heavy atom. The monoisotopic (exact) mass is 314 g/mol. The van der Waals surface area contributed by atoms with Crippen molar-refractivity contribution in [1.82, 2.24) is 9.78 Å². The van der Waals surface area contributed by atoms with Crippen molar-refractivity contribution >= 4 is 39.0 Å². The van der Waals surface area contributed by atoms with Crippen LogP contribution in [0.15, 0.2) is 18.2 Å².